The van der Waals surface area contributed by atoms with Crippen molar-refractivity contribution in [1.29, 1.82) is 0 Å². The molecule has 1 saturated heterocycles. The number of primary amides is 1. The Morgan fingerprint density at radius 3 is 3.12 bits per heavy atom. The number of carbonyl (C=O) groups excluding carboxylic acids is 2. The van der Waals surface area contributed by atoms with Crippen LogP contribution in [-0.4, -0.2) is 29.4 Å². The van der Waals surface area contributed by atoms with E-state index in [1.54, 1.807) is 18.3 Å². The molecule has 2 rings (SSSR count). The monoisotopic (exact) mass is 234 g/mol. The molecular formula is C11H14N4O2. The second kappa shape index (κ2) is 4.82. The van der Waals surface area contributed by atoms with Gasteiger partial charge in [0.15, 0.2) is 0 Å². The molecule has 1 fully saturated rings. The third-order valence-electron chi connectivity index (χ3n) is 2.67. The predicted molar refractivity (Wildman–Crippen MR) is 62.4 cm³/mol. The van der Waals surface area contributed by atoms with E-state index < -0.39 is 5.91 Å². The second-order valence-electron chi connectivity index (χ2n) is 3.89. The van der Waals surface area contributed by atoms with Crippen LogP contribution >= 0.6 is 0 Å². The first-order valence-electron chi connectivity index (χ1n) is 5.47. The topological polar surface area (TPSA) is 97.1 Å². The highest BCUT2D eigenvalue weighted by Crippen LogP contribution is 2.15. The van der Waals surface area contributed by atoms with Crippen LogP contribution in [0.25, 0.3) is 0 Å². The highest BCUT2D eigenvalue weighted by molar-refractivity contribution is 5.98. The summed E-state index contributed by atoms with van der Waals surface area (Å²) in [4.78, 5) is 26.8. The number of nitrogens with two attached hydrogens (primary N) is 1. The van der Waals surface area contributed by atoms with Crippen LogP contribution < -0.4 is 16.4 Å². The van der Waals surface area contributed by atoms with Gasteiger partial charge in [0, 0.05) is 12.7 Å². The van der Waals surface area contributed by atoms with Gasteiger partial charge in [-0.1, -0.05) is 0 Å². The maximum atomic E-state index is 11.6. The number of anilines is 1. The van der Waals surface area contributed by atoms with Crippen LogP contribution in [0.1, 0.15) is 23.2 Å². The molecule has 90 valence electrons. The van der Waals surface area contributed by atoms with Crippen molar-refractivity contribution >= 4 is 17.6 Å². The van der Waals surface area contributed by atoms with Crippen molar-refractivity contribution in [2.75, 3.05) is 11.9 Å². The number of hydrogen-bond acceptors (Lipinski definition) is 4. The second-order valence-corrected chi connectivity index (χ2v) is 3.89. The fourth-order valence-corrected chi connectivity index (χ4v) is 1.79. The van der Waals surface area contributed by atoms with Crippen LogP contribution in [0.3, 0.4) is 0 Å². The summed E-state index contributed by atoms with van der Waals surface area (Å²) in [5, 5.41) is 5.71. The van der Waals surface area contributed by atoms with Crippen LogP contribution in [0.15, 0.2) is 18.3 Å². The van der Waals surface area contributed by atoms with E-state index in [1.165, 1.54) is 0 Å². The number of nitrogens with one attached hydrogen (secondary N) is 2. The fraction of sp³-hybridized carbons (Fsp3) is 0.364. The molecule has 1 atom stereocenters. The van der Waals surface area contributed by atoms with E-state index in [9.17, 15) is 9.59 Å². The van der Waals surface area contributed by atoms with E-state index in [2.05, 4.69) is 15.6 Å². The molecule has 0 saturated carbocycles. The Morgan fingerprint density at radius 2 is 2.41 bits per heavy atom. The molecule has 0 radical (unpaired) electrons. The van der Waals surface area contributed by atoms with E-state index in [-0.39, 0.29) is 11.9 Å². The van der Waals surface area contributed by atoms with Crippen LogP contribution in [0.5, 0.6) is 0 Å². The third-order valence-corrected chi connectivity index (χ3v) is 2.67. The smallest absolute Gasteiger partial charge is 0.252 e. The largest absolute Gasteiger partial charge is 0.365 e. The van der Waals surface area contributed by atoms with Crippen molar-refractivity contribution in [2.45, 2.75) is 18.9 Å². The van der Waals surface area contributed by atoms with E-state index in [4.69, 9.17) is 5.73 Å². The molecule has 1 aliphatic rings. The zero-order chi connectivity index (χ0) is 12.3. The number of nitrogens with zero attached hydrogens (tertiary/aromatic N) is 1. The molecule has 1 aromatic rings. The number of rotatable bonds is 3. The molecule has 0 aliphatic carbocycles. The molecule has 0 aromatic carbocycles. The minimum absolute atomic E-state index is 0.0719. The molecule has 2 amide bonds. The average Bonchev–Trinajstić information content (AvgIpc) is 2.32. The van der Waals surface area contributed by atoms with Crippen LogP contribution in [-0.2, 0) is 4.79 Å². The molecule has 17 heavy (non-hydrogen) atoms. The van der Waals surface area contributed by atoms with Gasteiger partial charge in [0.1, 0.15) is 11.9 Å². The average molecular weight is 234 g/mol. The molecule has 2 heterocycles. The van der Waals surface area contributed by atoms with E-state index in [0.717, 1.165) is 12.8 Å². The maximum absolute atomic E-state index is 11.6. The van der Waals surface area contributed by atoms with Gasteiger partial charge in [0.05, 0.1) is 5.56 Å². The molecule has 0 spiro atoms. The number of hydrogen-bond donors (Lipinski definition) is 3. The van der Waals surface area contributed by atoms with Gasteiger partial charge in [-0.3, -0.25) is 9.59 Å². The molecule has 1 unspecified atom stereocenters. The molecule has 0 bridgehead atoms. The van der Waals surface area contributed by atoms with E-state index in [1.807, 2.05) is 0 Å². The Kier molecular flexibility index (Phi) is 3.22. The van der Waals surface area contributed by atoms with Crippen LogP contribution in [0, 0.1) is 0 Å². The van der Waals surface area contributed by atoms with Crippen LogP contribution in [0.2, 0.25) is 0 Å². The lowest BCUT2D eigenvalue weighted by Gasteiger charge is -2.23. The van der Waals surface area contributed by atoms with Crippen molar-refractivity contribution in [3.8, 4) is 0 Å². The first-order valence-corrected chi connectivity index (χ1v) is 5.47. The summed E-state index contributed by atoms with van der Waals surface area (Å²) in [7, 11) is 0. The predicted octanol–water partition coefficient (Wildman–Crippen LogP) is -0.129. The fourth-order valence-electron chi connectivity index (χ4n) is 1.79. The summed E-state index contributed by atoms with van der Waals surface area (Å²) < 4.78 is 0. The normalized spacial score (nSPS) is 19.5. The Bertz CT molecular complexity index is 447. The zero-order valence-corrected chi connectivity index (χ0v) is 9.27. The van der Waals surface area contributed by atoms with Gasteiger partial charge in [-0.05, 0) is 25.0 Å². The summed E-state index contributed by atoms with van der Waals surface area (Å²) in [6, 6.07) is 2.86. The minimum atomic E-state index is -0.559. The zero-order valence-electron chi connectivity index (χ0n) is 9.27. The lowest BCUT2D eigenvalue weighted by molar-refractivity contribution is -0.123. The van der Waals surface area contributed by atoms with Gasteiger partial charge in [0.25, 0.3) is 5.91 Å². The molecule has 6 heteroatoms. The number of pyridine rings is 1. The van der Waals surface area contributed by atoms with Gasteiger partial charge >= 0.3 is 0 Å². The summed E-state index contributed by atoms with van der Waals surface area (Å²) in [6.07, 6.45) is 3.18. The highest BCUT2D eigenvalue weighted by atomic mass is 16.2. The molecule has 6 nitrogen and oxygen atoms in total. The first-order chi connectivity index (χ1) is 8.18. The lowest BCUT2D eigenvalue weighted by Crippen LogP contribution is -2.44. The van der Waals surface area contributed by atoms with Gasteiger partial charge in [-0.25, -0.2) is 4.98 Å². The summed E-state index contributed by atoms with van der Waals surface area (Å²) >= 11 is 0. The summed E-state index contributed by atoms with van der Waals surface area (Å²) in [6.45, 7) is 0.696. The van der Waals surface area contributed by atoms with Crippen molar-refractivity contribution in [3.05, 3.63) is 23.9 Å². The van der Waals surface area contributed by atoms with Gasteiger partial charge in [-0.15, -0.1) is 0 Å². The van der Waals surface area contributed by atoms with Gasteiger partial charge in [-0.2, -0.15) is 0 Å². The number of piperidine rings is 1. The van der Waals surface area contributed by atoms with Gasteiger partial charge < -0.3 is 16.4 Å². The van der Waals surface area contributed by atoms with Crippen molar-refractivity contribution in [1.82, 2.24) is 10.3 Å². The number of aromatic nitrogens is 1. The summed E-state index contributed by atoms with van der Waals surface area (Å²) in [5.41, 5.74) is 5.53. The molecular weight excluding hydrogens is 220 g/mol. The van der Waals surface area contributed by atoms with Crippen molar-refractivity contribution < 1.29 is 9.59 Å². The van der Waals surface area contributed by atoms with E-state index >= 15 is 0 Å². The van der Waals surface area contributed by atoms with Crippen molar-refractivity contribution in [2.24, 2.45) is 5.73 Å². The molecule has 4 N–H and O–H groups in total. The third kappa shape index (κ3) is 2.52. The Labute approximate surface area is 98.6 Å². The maximum Gasteiger partial charge on any atom is 0.252 e. The Morgan fingerprint density at radius 1 is 1.59 bits per heavy atom. The molecule has 1 aliphatic heterocycles. The standard InChI is InChI=1S/C11H14N4O2/c12-9(16)7-3-1-5-13-10(7)15-8-4-2-6-14-11(8)17/h1,3,5,8H,2,4,6H2,(H2,12,16)(H,13,15)(H,14,17). The number of amides is 2. The highest BCUT2D eigenvalue weighted by Gasteiger charge is 2.23. The summed E-state index contributed by atoms with van der Waals surface area (Å²) in [5.74, 6) is -0.267. The molecule has 1 aromatic heterocycles. The van der Waals surface area contributed by atoms with Crippen molar-refractivity contribution in [3.63, 3.8) is 0 Å². The van der Waals surface area contributed by atoms with Crippen LogP contribution in [0.4, 0.5) is 5.82 Å². The Hall–Kier alpha value is -2.11. The minimum Gasteiger partial charge on any atom is -0.365 e. The van der Waals surface area contributed by atoms with E-state index in [0.29, 0.717) is 17.9 Å². The van der Waals surface area contributed by atoms with Gasteiger partial charge in [0.2, 0.25) is 5.91 Å². The quantitative estimate of drug-likeness (QED) is 0.678. The first kappa shape index (κ1) is 11.4. The number of carbonyl (C=O) groups is 2. The Balaban J connectivity index is 2.17. The lowest BCUT2D eigenvalue weighted by atomic mass is 10.1. The SMILES string of the molecule is NC(=O)c1cccnc1NC1CCCNC1=O.